The van der Waals surface area contributed by atoms with Gasteiger partial charge in [0.1, 0.15) is 5.75 Å². The highest BCUT2D eigenvalue weighted by Gasteiger charge is 2.44. The largest absolute Gasteiger partial charge is 0.497 e. The van der Waals surface area contributed by atoms with E-state index in [-0.39, 0.29) is 18.1 Å². The topological polar surface area (TPSA) is 106 Å². The first-order valence-corrected chi connectivity index (χ1v) is 10.7. The molecule has 2 aliphatic rings. The van der Waals surface area contributed by atoms with Gasteiger partial charge in [0.25, 0.3) is 5.91 Å². The van der Waals surface area contributed by atoms with E-state index >= 15 is 0 Å². The molecule has 1 amide bonds. The summed E-state index contributed by atoms with van der Waals surface area (Å²) in [6.45, 7) is 2.37. The van der Waals surface area contributed by atoms with E-state index in [4.69, 9.17) is 19.4 Å². The maximum atomic E-state index is 12.6. The maximum absolute atomic E-state index is 12.6. The minimum Gasteiger partial charge on any atom is -0.497 e. The van der Waals surface area contributed by atoms with Crippen LogP contribution in [-0.2, 0) is 23.1 Å². The fourth-order valence-electron chi connectivity index (χ4n) is 4.15. The van der Waals surface area contributed by atoms with Gasteiger partial charge in [0.2, 0.25) is 0 Å². The molecule has 2 fully saturated rings. The Morgan fingerprint density at radius 3 is 2.53 bits per heavy atom. The predicted molar refractivity (Wildman–Crippen MR) is 114 cm³/mol. The Morgan fingerprint density at radius 1 is 1.29 bits per heavy atom. The van der Waals surface area contributed by atoms with Crippen LogP contribution in [0.15, 0.2) is 36.7 Å². The molecule has 0 spiro atoms. The van der Waals surface area contributed by atoms with Gasteiger partial charge in [-0.05, 0) is 30.5 Å². The summed E-state index contributed by atoms with van der Waals surface area (Å²) in [6.07, 6.45) is 0.510. The fraction of sp³-hybridized carbons (Fsp3) is 0.500. The van der Waals surface area contributed by atoms with Crippen LogP contribution in [0.25, 0.3) is 0 Å². The number of carboxylic acids is 1. The van der Waals surface area contributed by atoms with Gasteiger partial charge < -0.3 is 24.5 Å². The number of fused-ring (bicyclic) bond motifs is 1. The van der Waals surface area contributed by atoms with Gasteiger partial charge in [-0.1, -0.05) is 12.1 Å². The van der Waals surface area contributed by atoms with Gasteiger partial charge in [-0.25, -0.2) is 9.78 Å². The molecule has 3 heterocycles. The zero-order valence-corrected chi connectivity index (χ0v) is 18.8. The van der Waals surface area contributed by atoms with Crippen molar-refractivity contribution in [3.63, 3.8) is 0 Å². The first-order valence-electron chi connectivity index (χ1n) is 10.7. The minimum atomic E-state index is -5.08. The maximum Gasteiger partial charge on any atom is 0.490 e. The third-order valence-electron chi connectivity index (χ3n) is 5.76. The summed E-state index contributed by atoms with van der Waals surface area (Å²) in [5.41, 5.74) is 1.23. The molecule has 0 bridgehead atoms. The monoisotopic (exact) mass is 484 g/mol. The lowest BCUT2D eigenvalue weighted by atomic mass is 10.0. The molecule has 0 aliphatic carbocycles. The Morgan fingerprint density at radius 2 is 1.97 bits per heavy atom. The van der Waals surface area contributed by atoms with Crippen LogP contribution in [0.5, 0.6) is 5.75 Å². The molecule has 4 rings (SSSR count). The number of alkyl halides is 3. The number of amides is 1. The Kier molecular flexibility index (Phi) is 8.15. The van der Waals surface area contributed by atoms with E-state index in [1.165, 1.54) is 5.56 Å². The number of hydrogen-bond acceptors (Lipinski definition) is 6. The summed E-state index contributed by atoms with van der Waals surface area (Å²) >= 11 is 0. The van der Waals surface area contributed by atoms with E-state index in [1.807, 2.05) is 19.2 Å². The van der Waals surface area contributed by atoms with Crippen LogP contribution in [-0.4, -0.2) is 76.1 Å². The SMILES string of the molecule is COc1ccc(CN2C[C@@H](NC(=O)c3nccn3C)[C@H]3OCCC[C@H]32)cc1.O=C(O)C(F)(F)F. The van der Waals surface area contributed by atoms with Gasteiger partial charge in [-0.2, -0.15) is 13.2 Å². The molecule has 0 radical (unpaired) electrons. The lowest BCUT2D eigenvalue weighted by Crippen LogP contribution is -2.48. The summed E-state index contributed by atoms with van der Waals surface area (Å²) in [4.78, 5) is 28.1. The molecular formula is C22H27F3N4O5. The highest BCUT2D eigenvalue weighted by atomic mass is 19.4. The van der Waals surface area contributed by atoms with E-state index in [9.17, 15) is 18.0 Å². The van der Waals surface area contributed by atoms with Gasteiger partial charge in [0.05, 0.1) is 19.3 Å². The van der Waals surface area contributed by atoms with Crippen molar-refractivity contribution in [3.05, 3.63) is 48.0 Å². The molecule has 9 nitrogen and oxygen atoms in total. The van der Waals surface area contributed by atoms with Crippen molar-refractivity contribution in [2.24, 2.45) is 7.05 Å². The molecule has 0 saturated carbocycles. The fourth-order valence-corrected chi connectivity index (χ4v) is 4.15. The summed E-state index contributed by atoms with van der Waals surface area (Å²) in [5.74, 6) is -1.62. The molecule has 1 aromatic heterocycles. The second-order valence-electron chi connectivity index (χ2n) is 8.07. The highest BCUT2D eigenvalue weighted by Crippen LogP contribution is 2.30. The Bertz CT molecular complexity index is 980. The summed E-state index contributed by atoms with van der Waals surface area (Å²) in [5, 5.41) is 10.3. The molecule has 3 atom stereocenters. The van der Waals surface area contributed by atoms with Crippen LogP contribution in [0, 0.1) is 0 Å². The number of likely N-dealkylation sites (tertiary alicyclic amines) is 1. The van der Waals surface area contributed by atoms with Crippen molar-refractivity contribution < 1.29 is 37.3 Å². The van der Waals surface area contributed by atoms with E-state index in [0.29, 0.717) is 11.9 Å². The molecule has 12 heteroatoms. The van der Waals surface area contributed by atoms with Crippen molar-refractivity contribution in [1.29, 1.82) is 0 Å². The van der Waals surface area contributed by atoms with Crippen molar-refractivity contribution in [1.82, 2.24) is 19.8 Å². The zero-order valence-electron chi connectivity index (χ0n) is 18.8. The van der Waals surface area contributed by atoms with Crippen molar-refractivity contribution >= 4 is 11.9 Å². The van der Waals surface area contributed by atoms with Gasteiger partial charge in [-0.3, -0.25) is 9.69 Å². The van der Waals surface area contributed by atoms with Gasteiger partial charge in [0.15, 0.2) is 5.82 Å². The minimum absolute atomic E-state index is 0.0289. The number of imidazole rings is 1. The lowest BCUT2D eigenvalue weighted by molar-refractivity contribution is -0.192. The van der Waals surface area contributed by atoms with Crippen LogP contribution in [0.3, 0.4) is 0 Å². The van der Waals surface area contributed by atoms with Crippen LogP contribution in [0.1, 0.15) is 29.0 Å². The third-order valence-corrected chi connectivity index (χ3v) is 5.76. The number of nitrogens with one attached hydrogen (secondary N) is 1. The van der Waals surface area contributed by atoms with Crippen LogP contribution >= 0.6 is 0 Å². The number of halogens is 3. The van der Waals surface area contributed by atoms with Crippen molar-refractivity contribution in [3.8, 4) is 5.75 Å². The zero-order chi connectivity index (χ0) is 24.9. The molecule has 186 valence electrons. The van der Waals surface area contributed by atoms with Crippen LogP contribution in [0.4, 0.5) is 13.2 Å². The summed E-state index contributed by atoms with van der Waals surface area (Å²) in [7, 11) is 3.50. The number of ether oxygens (including phenoxy) is 2. The van der Waals surface area contributed by atoms with E-state index in [0.717, 1.165) is 38.3 Å². The average Bonchev–Trinajstić information content (AvgIpc) is 3.38. The molecule has 1 aromatic carbocycles. The number of aryl methyl sites for hydroxylation is 1. The van der Waals surface area contributed by atoms with E-state index in [1.54, 1.807) is 24.1 Å². The summed E-state index contributed by atoms with van der Waals surface area (Å²) in [6, 6.07) is 8.46. The van der Waals surface area contributed by atoms with Crippen molar-refractivity contribution in [2.75, 3.05) is 20.3 Å². The number of hydrogen-bond donors (Lipinski definition) is 2. The van der Waals surface area contributed by atoms with Crippen LogP contribution in [0.2, 0.25) is 0 Å². The smallest absolute Gasteiger partial charge is 0.490 e. The normalized spacial score (nSPS) is 22.3. The number of rotatable bonds is 5. The average molecular weight is 484 g/mol. The molecule has 0 unspecified atom stereocenters. The number of methoxy groups -OCH3 is 1. The first kappa shape index (κ1) is 25.5. The van der Waals surface area contributed by atoms with Crippen molar-refractivity contribution in [2.45, 2.75) is 43.8 Å². The molecular weight excluding hydrogens is 457 g/mol. The standard InChI is InChI=1S/C20H26N4O3.C2HF3O2/c1-23-10-9-21-19(23)20(25)22-16-13-24(17-4-3-11-27-18(16)17)12-14-5-7-15(26-2)8-6-14;3-2(4,5)1(6)7/h5-10,16-18H,3-4,11-13H2,1-2H3,(H,22,25);(H,6,7)/t16-,17-,18-;/m1./s1. The van der Waals surface area contributed by atoms with Gasteiger partial charge in [-0.15, -0.1) is 0 Å². The number of benzene rings is 1. The Labute approximate surface area is 194 Å². The van der Waals surface area contributed by atoms with E-state index < -0.39 is 12.1 Å². The quantitative estimate of drug-likeness (QED) is 0.671. The Hall–Kier alpha value is -3.12. The third kappa shape index (κ3) is 6.26. The molecule has 34 heavy (non-hydrogen) atoms. The first-order chi connectivity index (χ1) is 16.1. The molecule has 2 saturated heterocycles. The van der Waals surface area contributed by atoms with Gasteiger partial charge >= 0.3 is 12.1 Å². The second kappa shape index (κ2) is 10.9. The van der Waals surface area contributed by atoms with E-state index in [2.05, 4.69) is 27.3 Å². The Balaban J connectivity index is 0.000000406. The molecule has 2 N–H and O–H groups in total. The predicted octanol–water partition coefficient (Wildman–Crippen LogP) is 2.22. The molecule has 2 aromatic rings. The highest BCUT2D eigenvalue weighted by molar-refractivity contribution is 5.91. The number of aliphatic carboxylic acids is 1. The number of carbonyl (C=O) groups excluding carboxylic acids is 1. The van der Waals surface area contributed by atoms with Crippen LogP contribution < -0.4 is 10.1 Å². The number of aromatic nitrogens is 2. The number of carboxylic acid groups (broad SMARTS) is 1. The molecule has 2 aliphatic heterocycles. The summed E-state index contributed by atoms with van der Waals surface area (Å²) < 4.78 is 44.8. The van der Waals surface area contributed by atoms with Gasteiger partial charge in [0, 0.05) is 45.2 Å². The number of carbonyl (C=O) groups is 2. The lowest BCUT2D eigenvalue weighted by Gasteiger charge is -2.32. The second-order valence-corrected chi connectivity index (χ2v) is 8.07. The number of nitrogens with zero attached hydrogens (tertiary/aromatic N) is 3.